The lowest BCUT2D eigenvalue weighted by molar-refractivity contribution is 0.339. The number of nitrogen functional groups attached to an aromatic ring is 1. The highest BCUT2D eigenvalue weighted by molar-refractivity contribution is 5.44. The Balaban J connectivity index is 1.84. The Kier molecular flexibility index (Phi) is 3.59. The summed E-state index contributed by atoms with van der Waals surface area (Å²) in [4.78, 5) is 4.13. The summed E-state index contributed by atoms with van der Waals surface area (Å²) < 4.78 is 0. The number of nitrogens with two attached hydrogens (primary N) is 1. The summed E-state index contributed by atoms with van der Waals surface area (Å²) in [6.45, 7) is 0. The quantitative estimate of drug-likeness (QED) is 0.821. The zero-order chi connectivity index (χ0) is 10.5. The fourth-order valence-electron chi connectivity index (χ4n) is 2.48. The van der Waals surface area contributed by atoms with Gasteiger partial charge in [0.05, 0.1) is 0 Å². The summed E-state index contributed by atoms with van der Waals surface area (Å²) in [6.07, 6.45) is 13.2. The lowest BCUT2D eigenvalue weighted by Gasteiger charge is -2.21. The Morgan fingerprint density at radius 1 is 1.27 bits per heavy atom. The molecular weight excluding hydrogens is 184 g/mol. The van der Waals surface area contributed by atoms with Gasteiger partial charge in [-0.25, -0.2) is 0 Å². The first-order valence-electron chi connectivity index (χ1n) is 6.04. The van der Waals surface area contributed by atoms with Crippen molar-refractivity contribution in [3.63, 3.8) is 0 Å². The molecule has 1 aliphatic carbocycles. The molecule has 0 atom stereocenters. The number of aromatic nitrogens is 1. The SMILES string of the molecule is Nc1ccncc1CCC1CCCCC1. The maximum Gasteiger partial charge on any atom is 0.0377 e. The Morgan fingerprint density at radius 2 is 2.07 bits per heavy atom. The van der Waals surface area contributed by atoms with Crippen molar-refractivity contribution in [2.75, 3.05) is 5.73 Å². The third-order valence-corrected chi connectivity index (χ3v) is 3.49. The van der Waals surface area contributed by atoms with E-state index in [1.54, 1.807) is 6.20 Å². The van der Waals surface area contributed by atoms with Crippen molar-refractivity contribution in [3.8, 4) is 0 Å². The molecule has 0 radical (unpaired) electrons. The molecule has 2 heteroatoms. The summed E-state index contributed by atoms with van der Waals surface area (Å²) in [5.41, 5.74) is 8.02. The van der Waals surface area contributed by atoms with Gasteiger partial charge in [-0.1, -0.05) is 32.1 Å². The monoisotopic (exact) mass is 204 g/mol. The second-order valence-electron chi connectivity index (χ2n) is 4.62. The Hall–Kier alpha value is -1.05. The van der Waals surface area contributed by atoms with Gasteiger partial charge in [-0.3, -0.25) is 4.98 Å². The highest BCUT2D eigenvalue weighted by Gasteiger charge is 2.13. The van der Waals surface area contributed by atoms with Crippen LogP contribution < -0.4 is 5.73 Å². The van der Waals surface area contributed by atoms with E-state index in [0.29, 0.717) is 0 Å². The van der Waals surface area contributed by atoms with Crippen molar-refractivity contribution >= 4 is 5.69 Å². The molecule has 0 bridgehead atoms. The van der Waals surface area contributed by atoms with Crippen LogP contribution in [-0.2, 0) is 6.42 Å². The van der Waals surface area contributed by atoms with Crippen LogP contribution >= 0.6 is 0 Å². The van der Waals surface area contributed by atoms with E-state index in [2.05, 4.69) is 4.98 Å². The molecule has 0 amide bonds. The lowest BCUT2D eigenvalue weighted by atomic mass is 9.85. The minimum Gasteiger partial charge on any atom is -0.398 e. The molecule has 1 saturated carbocycles. The largest absolute Gasteiger partial charge is 0.398 e. The van der Waals surface area contributed by atoms with E-state index >= 15 is 0 Å². The van der Waals surface area contributed by atoms with E-state index in [4.69, 9.17) is 5.73 Å². The third-order valence-electron chi connectivity index (χ3n) is 3.49. The van der Waals surface area contributed by atoms with E-state index < -0.39 is 0 Å². The number of anilines is 1. The van der Waals surface area contributed by atoms with Gasteiger partial charge in [-0.2, -0.15) is 0 Å². The summed E-state index contributed by atoms with van der Waals surface area (Å²) in [6, 6.07) is 1.90. The molecule has 2 rings (SSSR count). The smallest absolute Gasteiger partial charge is 0.0377 e. The Morgan fingerprint density at radius 3 is 2.80 bits per heavy atom. The molecule has 1 aromatic heterocycles. The average molecular weight is 204 g/mol. The predicted octanol–water partition coefficient (Wildman–Crippen LogP) is 3.18. The molecule has 0 aromatic carbocycles. The van der Waals surface area contributed by atoms with E-state index in [0.717, 1.165) is 18.0 Å². The van der Waals surface area contributed by atoms with Gasteiger partial charge in [0.15, 0.2) is 0 Å². The van der Waals surface area contributed by atoms with Crippen LogP contribution in [0, 0.1) is 5.92 Å². The fraction of sp³-hybridized carbons (Fsp3) is 0.615. The topological polar surface area (TPSA) is 38.9 Å². The van der Waals surface area contributed by atoms with Crippen molar-refractivity contribution in [1.82, 2.24) is 4.98 Å². The van der Waals surface area contributed by atoms with Crippen LogP contribution in [0.25, 0.3) is 0 Å². The van der Waals surface area contributed by atoms with Crippen LogP contribution in [0.3, 0.4) is 0 Å². The predicted molar refractivity (Wildman–Crippen MR) is 63.5 cm³/mol. The Bertz CT molecular complexity index is 303. The second kappa shape index (κ2) is 5.15. The molecule has 0 aliphatic heterocycles. The van der Waals surface area contributed by atoms with Crippen molar-refractivity contribution in [3.05, 3.63) is 24.0 Å². The van der Waals surface area contributed by atoms with Crippen molar-refractivity contribution < 1.29 is 0 Å². The third kappa shape index (κ3) is 2.95. The fourth-order valence-corrected chi connectivity index (χ4v) is 2.48. The first-order chi connectivity index (χ1) is 7.36. The van der Waals surface area contributed by atoms with E-state index in [-0.39, 0.29) is 0 Å². The van der Waals surface area contributed by atoms with Gasteiger partial charge in [0.25, 0.3) is 0 Å². The van der Waals surface area contributed by atoms with Crippen LogP contribution in [0.4, 0.5) is 5.69 Å². The number of hydrogen-bond donors (Lipinski definition) is 1. The average Bonchev–Trinajstić information content (AvgIpc) is 2.29. The van der Waals surface area contributed by atoms with Gasteiger partial charge in [0, 0.05) is 18.1 Å². The normalized spacial score (nSPS) is 17.9. The molecular formula is C13H20N2. The van der Waals surface area contributed by atoms with Crippen LogP contribution in [0.2, 0.25) is 0 Å². The minimum atomic E-state index is 0.904. The minimum absolute atomic E-state index is 0.904. The zero-order valence-corrected chi connectivity index (χ0v) is 9.28. The lowest BCUT2D eigenvalue weighted by Crippen LogP contribution is -2.08. The standard InChI is InChI=1S/C13H20N2/c14-13-8-9-15-10-12(13)7-6-11-4-2-1-3-5-11/h8-11H,1-7H2,(H2,14,15). The van der Waals surface area contributed by atoms with Gasteiger partial charge in [0.1, 0.15) is 0 Å². The number of nitrogens with zero attached hydrogens (tertiary/aromatic N) is 1. The molecule has 1 aromatic rings. The molecule has 82 valence electrons. The summed E-state index contributed by atoms with van der Waals surface area (Å²) in [7, 11) is 0. The zero-order valence-electron chi connectivity index (χ0n) is 9.28. The molecule has 1 fully saturated rings. The highest BCUT2D eigenvalue weighted by Crippen LogP contribution is 2.28. The van der Waals surface area contributed by atoms with Crippen LogP contribution in [-0.4, -0.2) is 4.98 Å². The summed E-state index contributed by atoms with van der Waals surface area (Å²) >= 11 is 0. The molecule has 0 unspecified atom stereocenters. The molecule has 15 heavy (non-hydrogen) atoms. The molecule has 1 heterocycles. The summed E-state index contributed by atoms with van der Waals surface area (Å²) in [5.74, 6) is 0.929. The molecule has 2 nitrogen and oxygen atoms in total. The van der Waals surface area contributed by atoms with Crippen LogP contribution in [0.15, 0.2) is 18.5 Å². The molecule has 0 spiro atoms. The number of rotatable bonds is 3. The summed E-state index contributed by atoms with van der Waals surface area (Å²) in [5, 5.41) is 0. The van der Waals surface area contributed by atoms with Gasteiger partial charge >= 0.3 is 0 Å². The van der Waals surface area contributed by atoms with E-state index in [1.807, 2.05) is 12.3 Å². The number of aryl methyl sites for hydroxylation is 1. The molecule has 1 aliphatic rings. The van der Waals surface area contributed by atoms with Gasteiger partial charge in [0.2, 0.25) is 0 Å². The van der Waals surface area contributed by atoms with Crippen molar-refractivity contribution in [2.45, 2.75) is 44.9 Å². The second-order valence-corrected chi connectivity index (χ2v) is 4.62. The van der Waals surface area contributed by atoms with Gasteiger partial charge < -0.3 is 5.73 Å². The van der Waals surface area contributed by atoms with E-state index in [9.17, 15) is 0 Å². The van der Waals surface area contributed by atoms with Crippen LogP contribution in [0.1, 0.15) is 44.1 Å². The van der Waals surface area contributed by atoms with Gasteiger partial charge in [-0.05, 0) is 30.4 Å². The molecule has 2 N–H and O–H groups in total. The first-order valence-corrected chi connectivity index (χ1v) is 6.04. The highest BCUT2D eigenvalue weighted by atomic mass is 14.7. The van der Waals surface area contributed by atoms with Crippen molar-refractivity contribution in [1.29, 1.82) is 0 Å². The maximum atomic E-state index is 5.90. The first kappa shape index (κ1) is 10.5. The van der Waals surface area contributed by atoms with Crippen LogP contribution in [0.5, 0.6) is 0 Å². The van der Waals surface area contributed by atoms with Gasteiger partial charge in [-0.15, -0.1) is 0 Å². The van der Waals surface area contributed by atoms with Crippen molar-refractivity contribution in [2.24, 2.45) is 5.92 Å². The number of hydrogen-bond acceptors (Lipinski definition) is 2. The Labute approximate surface area is 91.9 Å². The van der Waals surface area contributed by atoms with E-state index in [1.165, 1.54) is 44.1 Å². The number of pyridine rings is 1. The maximum absolute atomic E-state index is 5.90. The molecule has 0 saturated heterocycles.